The van der Waals surface area contributed by atoms with Gasteiger partial charge in [0.15, 0.2) is 12.4 Å². The molecule has 6 nitrogen and oxygen atoms in total. The van der Waals surface area contributed by atoms with Crippen molar-refractivity contribution in [3.05, 3.63) is 48.0 Å². The van der Waals surface area contributed by atoms with E-state index in [1.54, 1.807) is 30.3 Å². The molecular weight excluding hydrogens is 358 g/mol. The Morgan fingerprint density at radius 2 is 1.61 bits per heavy atom. The Bertz CT molecular complexity index is 871. The third-order valence-electron chi connectivity index (χ3n) is 6.87. The van der Waals surface area contributed by atoms with Crippen LogP contribution in [-0.2, 0) is 19.1 Å². The first-order valence-electron chi connectivity index (χ1n) is 9.79. The van der Waals surface area contributed by atoms with Crippen molar-refractivity contribution in [3.8, 4) is 0 Å². The smallest absolute Gasteiger partial charge is 0.329 e. The number of hydrogen-bond donors (Lipinski definition) is 0. The van der Waals surface area contributed by atoms with E-state index in [-0.39, 0.29) is 41.3 Å². The van der Waals surface area contributed by atoms with Crippen LogP contribution in [0.3, 0.4) is 0 Å². The summed E-state index contributed by atoms with van der Waals surface area (Å²) in [5, 5.41) is 0. The van der Waals surface area contributed by atoms with Crippen molar-refractivity contribution in [2.75, 3.05) is 6.61 Å². The number of imide groups is 1. The van der Waals surface area contributed by atoms with Crippen LogP contribution in [-0.4, -0.2) is 41.1 Å². The molecule has 0 radical (unpaired) electrons. The lowest BCUT2D eigenvalue weighted by Gasteiger charge is -2.37. The Kier molecular flexibility index (Phi) is 3.79. The molecule has 2 bridgehead atoms. The average Bonchev–Trinajstić information content (AvgIpc) is 3.50. The van der Waals surface area contributed by atoms with E-state index < -0.39 is 18.6 Å². The monoisotopic (exact) mass is 379 g/mol. The molecule has 7 atom stereocenters. The van der Waals surface area contributed by atoms with Gasteiger partial charge in [0.05, 0.1) is 11.8 Å². The highest BCUT2D eigenvalue weighted by Crippen LogP contribution is 2.65. The van der Waals surface area contributed by atoms with Gasteiger partial charge in [-0.1, -0.05) is 42.5 Å². The summed E-state index contributed by atoms with van der Waals surface area (Å²) >= 11 is 0. The molecule has 0 aromatic heterocycles. The van der Waals surface area contributed by atoms with Crippen molar-refractivity contribution in [3.63, 3.8) is 0 Å². The van der Waals surface area contributed by atoms with Gasteiger partial charge in [0.2, 0.25) is 11.8 Å². The van der Waals surface area contributed by atoms with Gasteiger partial charge in [0.25, 0.3) is 0 Å². The Balaban J connectivity index is 1.27. The number of carbonyl (C=O) groups is 4. The first kappa shape index (κ1) is 17.3. The molecule has 0 unspecified atom stereocenters. The topological polar surface area (TPSA) is 80.8 Å². The molecule has 3 fully saturated rings. The summed E-state index contributed by atoms with van der Waals surface area (Å²) in [5.41, 5.74) is 0.448. The maximum atomic E-state index is 13.0. The average molecular weight is 379 g/mol. The van der Waals surface area contributed by atoms with E-state index in [9.17, 15) is 19.2 Å². The van der Waals surface area contributed by atoms with Gasteiger partial charge in [0.1, 0.15) is 6.04 Å². The van der Waals surface area contributed by atoms with Crippen LogP contribution in [0.25, 0.3) is 0 Å². The molecule has 0 spiro atoms. The summed E-state index contributed by atoms with van der Waals surface area (Å²) in [6.45, 7) is 1.09. The lowest BCUT2D eigenvalue weighted by Crippen LogP contribution is -2.45. The van der Waals surface area contributed by atoms with E-state index in [0.717, 1.165) is 11.3 Å². The van der Waals surface area contributed by atoms with Crippen LogP contribution in [0.15, 0.2) is 42.5 Å². The first-order chi connectivity index (χ1) is 13.5. The highest BCUT2D eigenvalue weighted by Gasteiger charge is 2.67. The zero-order valence-corrected chi connectivity index (χ0v) is 15.5. The maximum absolute atomic E-state index is 13.0. The number of Topliss-reactive ketones (excluding diaryl/α,β-unsaturated/α-hetero) is 1. The minimum absolute atomic E-state index is 0.115. The summed E-state index contributed by atoms with van der Waals surface area (Å²) in [6, 6.07) is 7.52. The molecule has 6 heteroatoms. The fourth-order valence-corrected chi connectivity index (χ4v) is 5.43. The number of amides is 2. The number of rotatable bonds is 5. The van der Waals surface area contributed by atoms with Gasteiger partial charge in [-0.2, -0.15) is 0 Å². The van der Waals surface area contributed by atoms with Gasteiger partial charge >= 0.3 is 5.97 Å². The van der Waals surface area contributed by atoms with Crippen molar-refractivity contribution in [2.24, 2.45) is 35.5 Å². The molecule has 28 heavy (non-hydrogen) atoms. The van der Waals surface area contributed by atoms with Crippen LogP contribution < -0.4 is 0 Å². The van der Waals surface area contributed by atoms with E-state index in [2.05, 4.69) is 12.2 Å². The van der Waals surface area contributed by atoms with E-state index in [1.807, 2.05) is 0 Å². The second-order valence-electron chi connectivity index (χ2n) is 8.27. The normalized spacial score (nSPS) is 35.4. The summed E-state index contributed by atoms with van der Waals surface area (Å²) in [6.07, 6.45) is 5.28. The molecular formula is C22H21NO5. The van der Waals surface area contributed by atoms with Gasteiger partial charge < -0.3 is 4.74 Å². The molecule has 1 aromatic rings. The molecule has 4 aliphatic carbocycles. The molecule has 1 aliphatic heterocycles. The van der Waals surface area contributed by atoms with Crippen molar-refractivity contribution < 1.29 is 23.9 Å². The lowest BCUT2D eigenvalue weighted by molar-refractivity contribution is -0.157. The summed E-state index contributed by atoms with van der Waals surface area (Å²) in [7, 11) is 0. The van der Waals surface area contributed by atoms with E-state index in [1.165, 1.54) is 6.92 Å². The highest BCUT2D eigenvalue weighted by atomic mass is 16.5. The Morgan fingerprint density at radius 3 is 2.18 bits per heavy atom. The van der Waals surface area contributed by atoms with E-state index >= 15 is 0 Å². The quantitative estimate of drug-likeness (QED) is 0.338. The fraction of sp³-hybridized carbons (Fsp3) is 0.455. The van der Waals surface area contributed by atoms with Crippen LogP contribution in [0.2, 0.25) is 0 Å². The fourth-order valence-electron chi connectivity index (χ4n) is 5.43. The largest absolute Gasteiger partial charge is 0.456 e. The first-order valence-corrected chi connectivity index (χ1v) is 9.79. The van der Waals surface area contributed by atoms with Gasteiger partial charge in [0, 0.05) is 5.56 Å². The number of allylic oxidation sites excluding steroid dienone is 2. The number of likely N-dealkylation sites (tertiary alicyclic amines) is 1. The number of hydrogen-bond acceptors (Lipinski definition) is 5. The van der Waals surface area contributed by atoms with Crippen LogP contribution in [0.5, 0.6) is 0 Å². The summed E-state index contributed by atoms with van der Waals surface area (Å²) in [4.78, 5) is 51.7. The van der Waals surface area contributed by atoms with Crippen LogP contribution in [0.4, 0.5) is 0 Å². The third-order valence-corrected chi connectivity index (χ3v) is 6.87. The molecule has 144 valence electrons. The molecule has 0 N–H and O–H groups in total. The van der Waals surface area contributed by atoms with Crippen molar-refractivity contribution >= 4 is 23.6 Å². The third kappa shape index (κ3) is 2.40. The second-order valence-corrected chi connectivity index (χ2v) is 8.27. The molecule has 2 amide bonds. The minimum atomic E-state index is -1.02. The number of nitrogens with zero attached hydrogens (tertiary/aromatic N) is 1. The number of benzene rings is 1. The number of ketones is 1. The van der Waals surface area contributed by atoms with Gasteiger partial charge in [-0.3, -0.25) is 19.3 Å². The maximum Gasteiger partial charge on any atom is 0.329 e. The predicted molar refractivity (Wildman–Crippen MR) is 97.7 cm³/mol. The van der Waals surface area contributed by atoms with Gasteiger partial charge in [-0.05, 0) is 37.0 Å². The second kappa shape index (κ2) is 6.12. The van der Waals surface area contributed by atoms with E-state index in [4.69, 9.17) is 4.74 Å². The molecule has 6 rings (SSSR count). The number of esters is 1. The molecule has 5 aliphatic rings. The zero-order chi connectivity index (χ0) is 19.6. The Morgan fingerprint density at radius 1 is 1.04 bits per heavy atom. The van der Waals surface area contributed by atoms with Crippen molar-refractivity contribution in [1.29, 1.82) is 0 Å². The predicted octanol–water partition coefficient (Wildman–Crippen LogP) is 1.85. The number of carbonyl (C=O) groups excluding carboxylic acids is 4. The zero-order valence-electron chi connectivity index (χ0n) is 15.5. The number of ether oxygens (including phenoxy) is 1. The van der Waals surface area contributed by atoms with Crippen LogP contribution in [0, 0.1) is 35.5 Å². The molecule has 1 aromatic carbocycles. The van der Waals surface area contributed by atoms with E-state index in [0.29, 0.717) is 17.4 Å². The van der Waals surface area contributed by atoms with Gasteiger partial charge in [-0.25, -0.2) is 4.79 Å². The lowest BCUT2D eigenvalue weighted by atomic mass is 9.63. The standard InChI is InChI=1S/C22H21NO5/c1-11(22(27)28-10-17(24)12-5-3-2-4-6-12)23-20(25)18-13-7-8-14(16-9-15(13)16)19(18)21(23)26/h2-8,11,13-16,18-19H,9-10H2,1H3/t11-,13-,14-,15-,16-,18-,19+/m1/s1. The summed E-state index contributed by atoms with van der Waals surface area (Å²) < 4.78 is 5.13. The SMILES string of the molecule is C[C@H](C(=O)OCC(=O)c1ccccc1)N1C(=O)[C@@H]2[C@@H]3C=C[C@H]([C@H]4C[C@H]34)[C@@H]2C1=O. The van der Waals surface area contributed by atoms with Gasteiger partial charge in [-0.15, -0.1) is 0 Å². The summed E-state index contributed by atoms with van der Waals surface area (Å²) in [5.74, 6) is -1.01. The van der Waals surface area contributed by atoms with Crippen molar-refractivity contribution in [2.45, 2.75) is 19.4 Å². The molecule has 1 saturated heterocycles. The van der Waals surface area contributed by atoms with Crippen LogP contribution in [0.1, 0.15) is 23.7 Å². The molecule has 1 heterocycles. The molecule has 2 saturated carbocycles. The highest BCUT2D eigenvalue weighted by molar-refractivity contribution is 6.09. The van der Waals surface area contributed by atoms with Crippen LogP contribution >= 0.6 is 0 Å². The van der Waals surface area contributed by atoms with Crippen molar-refractivity contribution in [1.82, 2.24) is 4.90 Å². The minimum Gasteiger partial charge on any atom is -0.456 e. The Hall–Kier alpha value is -2.76. The Labute approximate surface area is 162 Å².